The SMILES string of the molecule is Cc1nc(C)c(C(=O)C2=C(O)C(=O)N(c3ccc(F)c(F)c3)C2c2ccccc2C)s1. The van der Waals surface area contributed by atoms with Crippen LogP contribution >= 0.6 is 11.3 Å². The number of hydrogen-bond acceptors (Lipinski definition) is 5. The van der Waals surface area contributed by atoms with Crippen molar-refractivity contribution < 1.29 is 23.5 Å². The van der Waals surface area contributed by atoms with Crippen molar-refractivity contribution in [3.63, 3.8) is 0 Å². The predicted molar refractivity (Wildman–Crippen MR) is 113 cm³/mol. The third-order valence-electron chi connectivity index (χ3n) is 5.23. The number of Topliss-reactive ketones (excluding diaryl/α,β-unsaturated/α-hetero) is 1. The maximum atomic E-state index is 14.0. The van der Waals surface area contributed by atoms with Crippen LogP contribution in [0.1, 0.15) is 37.5 Å². The summed E-state index contributed by atoms with van der Waals surface area (Å²) >= 11 is 1.17. The molecule has 1 unspecified atom stereocenters. The van der Waals surface area contributed by atoms with Gasteiger partial charge in [0, 0.05) is 11.8 Å². The van der Waals surface area contributed by atoms with E-state index in [2.05, 4.69) is 4.98 Å². The highest BCUT2D eigenvalue weighted by Crippen LogP contribution is 2.43. The Bertz CT molecular complexity index is 1270. The molecule has 0 aliphatic carbocycles. The molecule has 1 aliphatic rings. The minimum Gasteiger partial charge on any atom is -0.503 e. The van der Waals surface area contributed by atoms with E-state index in [1.807, 2.05) is 13.0 Å². The largest absolute Gasteiger partial charge is 0.503 e. The van der Waals surface area contributed by atoms with Gasteiger partial charge in [-0.1, -0.05) is 24.3 Å². The number of aliphatic hydroxyl groups is 1. The molecule has 5 nitrogen and oxygen atoms in total. The summed E-state index contributed by atoms with van der Waals surface area (Å²) in [7, 11) is 0. The quantitative estimate of drug-likeness (QED) is 0.571. The van der Waals surface area contributed by atoms with Gasteiger partial charge in [0.05, 0.1) is 27.2 Å². The van der Waals surface area contributed by atoms with Gasteiger partial charge >= 0.3 is 0 Å². The number of hydrogen-bond donors (Lipinski definition) is 1. The molecule has 0 spiro atoms. The lowest BCUT2D eigenvalue weighted by molar-refractivity contribution is -0.117. The summed E-state index contributed by atoms with van der Waals surface area (Å²) in [4.78, 5) is 32.2. The van der Waals surface area contributed by atoms with Crippen LogP contribution in [0.15, 0.2) is 53.8 Å². The third-order valence-corrected chi connectivity index (χ3v) is 6.30. The Morgan fingerprint density at radius 1 is 1.10 bits per heavy atom. The highest BCUT2D eigenvalue weighted by Gasteiger charge is 2.45. The molecule has 2 aromatic carbocycles. The Morgan fingerprint density at radius 2 is 1.81 bits per heavy atom. The van der Waals surface area contributed by atoms with E-state index in [0.717, 1.165) is 22.6 Å². The maximum Gasteiger partial charge on any atom is 0.294 e. The zero-order valence-electron chi connectivity index (χ0n) is 16.9. The van der Waals surface area contributed by atoms with Gasteiger partial charge in [0.15, 0.2) is 17.4 Å². The Balaban J connectivity index is 1.93. The van der Waals surface area contributed by atoms with Crippen molar-refractivity contribution in [3.8, 4) is 0 Å². The van der Waals surface area contributed by atoms with Gasteiger partial charge in [0.2, 0.25) is 5.78 Å². The highest BCUT2D eigenvalue weighted by atomic mass is 32.1. The minimum atomic E-state index is -1.14. The average Bonchev–Trinajstić information content (AvgIpc) is 3.20. The first-order chi connectivity index (χ1) is 14.7. The maximum absolute atomic E-state index is 14.0. The third kappa shape index (κ3) is 3.42. The van der Waals surface area contributed by atoms with E-state index in [1.165, 1.54) is 17.4 Å². The Hall–Kier alpha value is -3.39. The van der Waals surface area contributed by atoms with Crippen LogP contribution in [-0.2, 0) is 4.79 Å². The normalized spacial score (nSPS) is 16.4. The van der Waals surface area contributed by atoms with E-state index >= 15 is 0 Å². The van der Waals surface area contributed by atoms with Gasteiger partial charge in [0.1, 0.15) is 0 Å². The number of carbonyl (C=O) groups excluding carboxylic acids is 2. The summed E-state index contributed by atoms with van der Waals surface area (Å²) in [6.07, 6.45) is 0. The number of thiazole rings is 1. The summed E-state index contributed by atoms with van der Waals surface area (Å²) in [5, 5.41) is 11.4. The lowest BCUT2D eigenvalue weighted by Crippen LogP contribution is -2.31. The molecule has 3 aromatic rings. The first kappa shape index (κ1) is 20.9. The van der Waals surface area contributed by atoms with Crippen molar-refractivity contribution in [1.82, 2.24) is 4.98 Å². The monoisotopic (exact) mass is 440 g/mol. The molecule has 1 atom stereocenters. The fourth-order valence-electron chi connectivity index (χ4n) is 3.79. The van der Waals surface area contributed by atoms with Crippen LogP contribution in [0.3, 0.4) is 0 Å². The molecule has 158 valence electrons. The van der Waals surface area contributed by atoms with Gasteiger partial charge in [0.25, 0.3) is 5.91 Å². The van der Waals surface area contributed by atoms with Crippen LogP contribution in [-0.4, -0.2) is 21.8 Å². The molecule has 0 saturated heterocycles. The lowest BCUT2D eigenvalue weighted by atomic mass is 9.92. The highest BCUT2D eigenvalue weighted by molar-refractivity contribution is 7.14. The fourth-order valence-corrected chi connectivity index (χ4v) is 4.66. The van der Waals surface area contributed by atoms with Crippen LogP contribution in [0.2, 0.25) is 0 Å². The number of anilines is 1. The van der Waals surface area contributed by atoms with Crippen LogP contribution in [0.4, 0.5) is 14.5 Å². The van der Waals surface area contributed by atoms with Crippen LogP contribution < -0.4 is 4.90 Å². The average molecular weight is 440 g/mol. The molecule has 8 heteroatoms. The van der Waals surface area contributed by atoms with E-state index < -0.39 is 35.1 Å². The molecule has 1 amide bonds. The van der Waals surface area contributed by atoms with Crippen molar-refractivity contribution >= 4 is 28.7 Å². The van der Waals surface area contributed by atoms with E-state index in [9.17, 15) is 23.5 Å². The van der Waals surface area contributed by atoms with Gasteiger partial charge in [-0.25, -0.2) is 13.8 Å². The standard InChI is InChI=1S/C23H18F2N2O3S/c1-11-6-4-5-7-15(11)19-18(20(28)22-12(2)26-13(3)31-22)21(29)23(30)27(19)14-8-9-16(24)17(25)10-14/h4-10,19,29H,1-3H3. The molecule has 2 heterocycles. The van der Waals surface area contributed by atoms with E-state index in [0.29, 0.717) is 21.1 Å². The van der Waals surface area contributed by atoms with Crippen molar-refractivity contribution in [2.24, 2.45) is 0 Å². The van der Waals surface area contributed by atoms with Gasteiger partial charge < -0.3 is 5.11 Å². The number of aryl methyl sites for hydroxylation is 3. The van der Waals surface area contributed by atoms with Gasteiger partial charge in [-0.3, -0.25) is 14.5 Å². The molecule has 1 aliphatic heterocycles. The Kier molecular flexibility index (Phi) is 5.18. The number of ketones is 1. The second-order valence-electron chi connectivity index (χ2n) is 7.27. The van der Waals surface area contributed by atoms with E-state index in [-0.39, 0.29) is 11.3 Å². The summed E-state index contributed by atoms with van der Waals surface area (Å²) < 4.78 is 27.5. The first-order valence-electron chi connectivity index (χ1n) is 9.46. The number of benzene rings is 2. The minimum absolute atomic E-state index is 0.0312. The fraction of sp³-hybridized carbons (Fsp3) is 0.174. The predicted octanol–water partition coefficient (Wildman–Crippen LogP) is 5.13. The van der Waals surface area contributed by atoms with Crippen LogP contribution in [0.25, 0.3) is 0 Å². The molecule has 1 N–H and O–H groups in total. The van der Waals surface area contributed by atoms with Crippen molar-refractivity contribution in [2.45, 2.75) is 26.8 Å². The summed E-state index contributed by atoms with van der Waals surface area (Å²) in [6.45, 7) is 5.25. The number of aromatic nitrogens is 1. The Labute approximate surface area is 181 Å². The molecular formula is C23H18F2N2O3S. The molecule has 4 rings (SSSR count). The number of nitrogens with zero attached hydrogens (tertiary/aromatic N) is 2. The lowest BCUT2D eigenvalue weighted by Gasteiger charge is -2.28. The summed E-state index contributed by atoms with van der Waals surface area (Å²) in [6, 6.07) is 9.11. The number of rotatable bonds is 4. The second kappa shape index (κ2) is 7.70. The molecule has 0 saturated carbocycles. The van der Waals surface area contributed by atoms with Crippen molar-refractivity contribution in [3.05, 3.63) is 92.1 Å². The van der Waals surface area contributed by atoms with Crippen molar-refractivity contribution in [2.75, 3.05) is 4.90 Å². The zero-order chi connectivity index (χ0) is 22.4. The Morgan fingerprint density at radius 3 is 2.42 bits per heavy atom. The van der Waals surface area contributed by atoms with E-state index in [4.69, 9.17) is 0 Å². The number of halogens is 2. The van der Waals surface area contributed by atoms with Gasteiger partial charge in [-0.2, -0.15) is 0 Å². The van der Waals surface area contributed by atoms with Crippen LogP contribution in [0, 0.1) is 32.4 Å². The molecule has 31 heavy (non-hydrogen) atoms. The summed E-state index contributed by atoms with van der Waals surface area (Å²) in [5.41, 5.74) is 1.77. The topological polar surface area (TPSA) is 70.5 Å². The van der Waals surface area contributed by atoms with Gasteiger partial charge in [-0.15, -0.1) is 11.3 Å². The number of carbonyl (C=O) groups is 2. The summed E-state index contributed by atoms with van der Waals surface area (Å²) in [5.74, 6) is -4.30. The zero-order valence-corrected chi connectivity index (χ0v) is 17.8. The smallest absolute Gasteiger partial charge is 0.294 e. The van der Waals surface area contributed by atoms with Crippen molar-refractivity contribution in [1.29, 1.82) is 0 Å². The van der Waals surface area contributed by atoms with Crippen LogP contribution in [0.5, 0.6) is 0 Å². The second-order valence-corrected chi connectivity index (χ2v) is 8.47. The molecule has 1 aromatic heterocycles. The molecule has 0 bridgehead atoms. The number of aliphatic hydroxyl groups excluding tert-OH is 1. The molecule has 0 radical (unpaired) electrons. The van der Waals surface area contributed by atoms with E-state index in [1.54, 1.807) is 32.0 Å². The van der Waals surface area contributed by atoms with Gasteiger partial charge in [-0.05, 0) is 44.0 Å². The molecule has 0 fully saturated rings. The number of amides is 1. The first-order valence-corrected chi connectivity index (χ1v) is 10.3. The molecular weight excluding hydrogens is 422 g/mol.